The van der Waals surface area contributed by atoms with Gasteiger partial charge in [-0.1, -0.05) is 31.9 Å². The van der Waals surface area contributed by atoms with Gasteiger partial charge in [-0.25, -0.2) is 0 Å². The van der Waals surface area contributed by atoms with Gasteiger partial charge in [-0.05, 0) is 43.5 Å². The molecule has 2 rings (SSSR count). The fourth-order valence-corrected chi connectivity index (χ4v) is 2.84. The highest BCUT2D eigenvalue weighted by molar-refractivity contribution is 5.26. The number of rotatable bonds is 8. The normalized spacial score (nSPS) is 17.3. The average Bonchev–Trinajstić information content (AvgIpc) is 2.95. The topological polar surface area (TPSA) is 30.5 Å². The molecule has 1 N–H and O–H groups in total. The van der Waals surface area contributed by atoms with Gasteiger partial charge in [0, 0.05) is 6.54 Å². The van der Waals surface area contributed by atoms with Gasteiger partial charge in [0.2, 0.25) is 0 Å². The van der Waals surface area contributed by atoms with E-state index in [4.69, 9.17) is 9.47 Å². The third kappa shape index (κ3) is 4.22. The second-order valence-electron chi connectivity index (χ2n) is 5.70. The van der Waals surface area contributed by atoms with Crippen LogP contribution in [0, 0.1) is 0 Å². The summed E-state index contributed by atoms with van der Waals surface area (Å²) in [6.45, 7) is 4.95. The van der Waals surface area contributed by atoms with Crippen LogP contribution >= 0.6 is 0 Å². The first-order valence-corrected chi connectivity index (χ1v) is 7.75. The number of methoxy groups -OCH3 is 1. The van der Waals surface area contributed by atoms with Crippen molar-refractivity contribution in [3.05, 3.63) is 29.8 Å². The lowest BCUT2D eigenvalue weighted by Gasteiger charge is -2.30. The Labute approximate surface area is 122 Å². The Balaban J connectivity index is 1.87. The van der Waals surface area contributed by atoms with Crippen molar-refractivity contribution in [2.24, 2.45) is 0 Å². The van der Waals surface area contributed by atoms with Crippen molar-refractivity contribution in [2.75, 3.05) is 20.2 Å². The molecule has 1 saturated carbocycles. The average molecular weight is 277 g/mol. The molecule has 0 saturated heterocycles. The van der Waals surface area contributed by atoms with Crippen LogP contribution in [0.3, 0.4) is 0 Å². The summed E-state index contributed by atoms with van der Waals surface area (Å²) in [4.78, 5) is 0. The highest BCUT2D eigenvalue weighted by Gasteiger charge is 2.34. The van der Waals surface area contributed by atoms with Crippen LogP contribution in [0.25, 0.3) is 0 Å². The zero-order valence-electron chi connectivity index (χ0n) is 12.8. The number of benzene rings is 1. The van der Waals surface area contributed by atoms with E-state index in [1.807, 2.05) is 12.1 Å². The van der Waals surface area contributed by atoms with Crippen LogP contribution in [0.1, 0.15) is 44.6 Å². The van der Waals surface area contributed by atoms with E-state index >= 15 is 0 Å². The summed E-state index contributed by atoms with van der Waals surface area (Å²) in [5.74, 6) is 0.897. The predicted molar refractivity (Wildman–Crippen MR) is 82.1 cm³/mol. The maximum atomic E-state index is 6.29. The maximum Gasteiger partial charge on any atom is 0.118 e. The Kier molecular flexibility index (Phi) is 5.86. The summed E-state index contributed by atoms with van der Waals surface area (Å²) >= 11 is 0. The van der Waals surface area contributed by atoms with Crippen molar-refractivity contribution in [1.29, 1.82) is 0 Å². The molecule has 20 heavy (non-hydrogen) atoms. The number of hydrogen-bond acceptors (Lipinski definition) is 3. The molecule has 0 radical (unpaired) electrons. The van der Waals surface area contributed by atoms with Gasteiger partial charge < -0.3 is 14.8 Å². The van der Waals surface area contributed by atoms with Crippen LogP contribution in [-0.2, 0) is 11.3 Å². The largest absolute Gasteiger partial charge is 0.497 e. The first kappa shape index (κ1) is 15.3. The van der Waals surface area contributed by atoms with Crippen LogP contribution in [0.15, 0.2) is 24.3 Å². The minimum Gasteiger partial charge on any atom is -0.497 e. The van der Waals surface area contributed by atoms with Crippen molar-refractivity contribution in [1.82, 2.24) is 5.32 Å². The van der Waals surface area contributed by atoms with E-state index in [-0.39, 0.29) is 5.60 Å². The smallest absolute Gasteiger partial charge is 0.118 e. The SMILES string of the molecule is CCCNCC1(OCc2ccc(OC)cc2)CCCC1. The molecule has 0 heterocycles. The predicted octanol–water partition coefficient (Wildman–Crippen LogP) is 3.52. The Morgan fingerprint density at radius 2 is 1.85 bits per heavy atom. The van der Waals surface area contributed by atoms with Gasteiger partial charge in [-0.2, -0.15) is 0 Å². The van der Waals surface area contributed by atoms with Crippen LogP contribution in [0.5, 0.6) is 5.75 Å². The molecule has 1 aromatic carbocycles. The summed E-state index contributed by atoms with van der Waals surface area (Å²) in [5.41, 5.74) is 1.27. The summed E-state index contributed by atoms with van der Waals surface area (Å²) in [5, 5.41) is 3.53. The van der Waals surface area contributed by atoms with Crippen molar-refractivity contribution in [3.63, 3.8) is 0 Å². The summed E-state index contributed by atoms with van der Waals surface area (Å²) < 4.78 is 11.5. The van der Waals surface area contributed by atoms with Gasteiger partial charge in [0.05, 0.1) is 19.3 Å². The van der Waals surface area contributed by atoms with E-state index in [0.29, 0.717) is 6.61 Å². The molecule has 1 aromatic rings. The molecule has 0 aromatic heterocycles. The molecule has 1 aliphatic carbocycles. The second-order valence-corrected chi connectivity index (χ2v) is 5.70. The Morgan fingerprint density at radius 3 is 2.45 bits per heavy atom. The van der Waals surface area contributed by atoms with Gasteiger partial charge >= 0.3 is 0 Å². The van der Waals surface area contributed by atoms with Gasteiger partial charge in [-0.3, -0.25) is 0 Å². The molecule has 112 valence electrons. The number of ether oxygens (including phenoxy) is 2. The molecule has 3 nitrogen and oxygen atoms in total. The lowest BCUT2D eigenvalue weighted by atomic mass is 10.0. The van der Waals surface area contributed by atoms with E-state index in [2.05, 4.69) is 24.4 Å². The minimum atomic E-state index is 0.0507. The molecular formula is C17H27NO2. The maximum absolute atomic E-state index is 6.29. The third-order valence-corrected chi connectivity index (χ3v) is 4.09. The molecule has 0 amide bonds. The molecule has 3 heteroatoms. The third-order valence-electron chi connectivity index (χ3n) is 4.09. The Hall–Kier alpha value is -1.06. The van der Waals surface area contributed by atoms with E-state index in [9.17, 15) is 0 Å². The first-order valence-electron chi connectivity index (χ1n) is 7.75. The highest BCUT2D eigenvalue weighted by atomic mass is 16.5. The Bertz CT molecular complexity index is 382. The molecule has 0 atom stereocenters. The molecular weight excluding hydrogens is 250 g/mol. The van der Waals surface area contributed by atoms with Gasteiger partial charge in [0.15, 0.2) is 0 Å². The second kappa shape index (κ2) is 7.65. The van der Waals surface area contributed by atoms with Gasteiger partial charge in [-0.15, -0.1) is 0 Å². The lowest BCUT2D eigenvalue weighted by molar-refractivity contribution is -0.0502. The zero-order chi connectivity index (χ0) is 14.3. The van der Waals surface area contributed by atoms with Crippen molar-refractivity contribution >= 4 is 0 Å². The Morgan fingerprint density at radius 1 is 1.15 bits per heavy atom. The van der Waals surface area contributed by atoms with E-state index in [1.165, 1.54) is 37.7 Å². The van der Waals surface area contributed by atoms with E-state index in [1.54, 1.807) is 7.11 Å². The van der Waals surface area contributed by atoms with Gasteiger partial charge in [0.1, 0.15) is 5.75 Å². The fourth-order valence-electron chi connectivity index (χ4n) is 2.84. The lowest BCUT2D eigenvalue weighted by Crippen LogP contribution is -2.41. The van der Waals surface area contributed by atoms with E-state index < -0.39 is 0 Å². The van der Waals surface area contributed by atoms with Crippen molar-refractivity contribution < 1.29 is 9.47 Å². The highest BCUT2D eigenvalue weighted by Crippen LogP contribution is 2.33. The van der Waals surface area contributed by atoms with Gasteiger partial charge in [0.25, 0.3) is 0 Å². The number of hydrogen-bond donors (Lipinski definition) is 1. The molecule has 1 fully saturated rings. The van der Waals surface area contributed by atoms with Crippen LogP contribution in [0.4, 0.5) is 0 Å². The standard InChI is InChI=1S/C17H27NO2/c1-3-12-18-14-17(10-4-5-11-17)20-13-15-6-8-16(19-2)9-7-15/h6-9,18H,3-5,10-14H2,1-2H3. The molecule has 0 bridgehead atoms. The monoisotopic (exact) mass is 277 g/mol. The number of nitrogens with one attached hydrogen (secondary N) is 1. The molecule has 0 unspecified atom stereocenters. The molecule has 0 aliphatic heterocycles. The molecule has 0 spiro atoms. The summed E-state index contributed by atoms with van der Waals surface area (Å²) in [6.07, 6.45) is 6.11. The zero-order valence-corrected chi connectivity index (χ0v) is 12.8. The molecule has 1 aliphatic rings. The van der Waals surface area contributed by atoms with E-state index in [0.717, 1.165) is 18.8 Å². The first-order chi connectivity index (χ1) is 9.78. The summed E-state index contributed by atoms with van der Waals surface area (Å²) in [7, 11) is 1.69. The van der Waals surface area contributed by atoms with Crippen molar-refractivity contribution in [2.45, 2.75) is 51.2 Å². The fraction of sp³-hybridized carbons (Fsp3) is 0.647. The minimum absolute atomic E-state index is 0.0507. The van der Waals surface area contributed by atoms with Crippen LogP contribution in [0.2, 0.25) is 0 Å². The summed E-state index contributed by atoms with van der Waals surface area (Å²) in [6, 6.07) is 8.16. The quantitative estimate of drug-likeness (QED) is 0.737. The van der Waals surface area contributed by atoms with Crippen molar-refractivity contribution in [3.8, 4) is 5.75 Å². The van der Waals surface area contributed by atoms with Crippen LogP contribution in [-0.4, -0.2) is 25.8 Å². The van der Waals surface area contributed by atoms with Crippen LogP contribution < -0.4 is 10.1 Å².